The summed E-state index contributed by atoms with van der Waals surface area (Å²) < 4.78 is 75.3. The lowest BCUT2D eigenvalue weighted by Gasteiger charge is -2.42. The van der Waals surface area contributed by atoms with Gasteiger partial charge in [0.25, 0.3) is 0 Å². The minimum Gasteiger partial charge on any atom is -0.310 e. The zero-order chi connectivity index (χ0) is 59.0. The molecule has 0 aliphatic carbocycles. The summed E-state index contributed by atoms with van der Waals surface area (Å²) in [7, 11) is 0. The van der Waals surface area contributed by atoms with E-state index < -0.39 is 43.0 Å². The summed E-state index contributed by atoms with van der Waals surface area (Å²) in [6.45, 7) is 13.0. The minimum absolute atomic E-state index is 0.00143. The van der Waals surface area contributed by atoms with E-state index in [4.69, 9.17) is 5.48 Å². The van der Waals surface area contributed by atoms with Crippen LogP contribution in [0, 0.1) is 22.7 Å². The first-order valence-corrected chi connectivity index (χ1v) is 26.3. The molecule has 3 heterocycles. The Hall–Kier alpha value is -8.81. The normalized spacial score (nSPS) is 14.2. The summed E-state index contributed by atoms with van der Waals surface area (Å²) >= 11 is 1.55. The van der Waals surface area contributed by atoms with Crippen molar-refractivity contribution in [2.24, 2.45) is 0 Å². The summed E-state index contributed by atoms with van der Waals surface area (Å²) in [5.74, 6) is 0. The van der Waals surface area contributed by atoms with Gasteiger partial charge in [0.05, 0.1) is 51.0 Å². The van der Waals surface area contributed by atoms with Crippen molar-refractivity contribution in [2.75, 3.05) is 4.90 Å². The van der Waals surface area contributed by atoms with Gasteiger partial charge in [-0.05, 0) is 121 Å². The molecule has 0 amide bonds. The molecule has 0 saturated carbocycles. The summed E-state index contributed by atoms with van der Waals surface area (Å²) in [5, 5.41) is 20.4. The molecule has 1 aromatic heterocycles. The molecule has 362 valence electrons. The van der Waals surface area contributed by atoms with Crippen molar-refractivity contribution >= 4 is 73.7 Å². The fraction of sp³-hybridized carbons (Fsp3) is 0.114. The molecule has 0 saturated heterocycles. The number of hydrogen-bond donors (Lipinski definition) is 0. The number of anilines is 3. The molecular formula is C70H53BN4S. The third kappa shape index (κ3) is 7.83. The zero-order valence-electron chi connectivity index (χ0n) is 50.9. The summed E-state index contributed by atoms with van der Waals surface area (Å²) in [6, 6.07) is 57.1. The van der Waals surface area contributed by atoms with E-state index >= 15 is 0 Å². The lowest BCUT2D eigenvalue weighted by molar-refractivity contribution is 0.569. The molecule has 0 bridgehead atoms. The van der Waals surface area contributed by atoms with Crippen LogP contribution in [0.5, 0.6) is 0 Å². The van der Waals surface area contributed by atoms with E-state index in [0.29, 0.717) is 16.8 Å². The van der Waals surface area contributed by atoms with Gasteiger partial charge in [-0.3, -0.25) is 0 Å². The maximum Gasteiger partial charge on any atom is 0.249 e. The maximum atomic E-state index is 10.2. The number of hydrogen-bond acceptors (Lipinski definition) is 4. The van der Waals surface area contributed by atoms with E-state index in [0.717, 1.165) is 87.7 Å². The first-order chi connectivity index (χ1) is 40.2. The molecular weight excluding hydrogens is 940 g/mol. The minimum atomic E-state index is -0.509. The Morgan fingerprint density at radius 3 is 1.58 bits per heavy atom. The van der Waals surface area contributed by atoms with Crippen molar-refractivity contribution in [3.8, 4) is 62.3 Å². The Labute approximate surface area is 461 Å². The Kier molecular flexibility index (Phi) is 9.15. The molecule has 4 nitrogen and oxygen atoms in total. The number of nitriles is 2. The number of para-hydroxylation sites is 3. The molecule has 0 N–H and O–H groups in total. The van der Waals surface area contributed by atoms with Gasteiger partial charge in [-0.25, -0.2) is 0 Å². The highest BCUT2D eigenvalue weighted by Crippen LogP contribution is 2.51. The Bertz CT molecular complexity index is 4540. The largest absolute Gasteiger partial charge is 0.310 e. The molecule has 0 unspecified atom stereocenters. The number of benzene rings is 10. The SMILES string of the molecule is [2H]c1c([2H])c([2H])c2c(c1[2H])c1c([2H])c([2H])c([2H])c([2H])c1n2-c1cc2c3c(c1)N(c1c(-c4ccccc4)cccc1-c1ccccc1)c1ccc(-c4cc(C(C)(C)C)cc(C(C)(C)C)c4)cc1B3c1cc(-c3cc(C#N)cc(C#N)c3)ccc1S2. The van der Waals surface area contributed by atoms with Crippen LogP contribution < -0.4 is 21.3 Å². The smallest absolute Gasteiger partial charge is 0.249 e. The molecule has 10 aromatic carbocycles. The van der Waals surface area contributed by atoms with Gasteiger partial charge in [0.2, 0.25) is 6.71 Å². The van der Waals surface area contributed by atoms with E-state index in [9.17, 15) is 16.0 Å². The Balaban J connectivity index is 1.21. The van der Waals surface area contributed by atoms with Crippen LogP contribution in [0.25, 0.3) is 72.0 Å². The van der Waals surface area contributed by atoms with Crippen LogP contribution in [0.2, 0.25) is 0 Å². The standard InChI is InChI=1S/C70H53BN4S/c1-69(2,3)52-35-51(36-53(39-52)70(4,5)6)48-28-30-63-59(37-48)71-60-38-49(50-33-44(42-72)32-45(34-50)43-73)29-31-65(60)76-66-41-54(74-61-26-15-13-22-57(61)58-23-14-16-27-62(58)74)40-64(67(66)71)75(63)68-55(46-18-9-7-10-19-46)24-17-25-56(68)47-20-11-8-12-21-47/h7-41H,1-6H3/i13D,14D,15D,16D,22D,23D,26D,27D. The number of nitrogens with zero attached hydrogens (tertiary/aromatic N) is 4. The van der Waals surface area contributed by atoms with Gasteiger partial charge in [0.15, 0.2) is 0 Å². The van der Waals surface area contributed by atoms with Crippen molar-refractivity contribution in [2.45, 2.75) is 62.2 Å². The van der Waals surface area contributed by atoms with Gasteiger partial charge >= 0.3 is 0 Å². The van der Waals surface area contributed by atoms with E-state index in [1.807, 2.05) is 66.7 Å². The van der Waals surface area contributed by atoms with Crippen LogP contribution in [0.15, 0.2) is 222 Å². The Morgan fingerprint density at radius 2 is 1.01 bits per heavy atom. The predicted molar refractivity (Wildman–Crippen MR) is 319 cm³/mol. The monoisotopic (exact) mass is 1000 g/mol. The second-order valence-corrected chi connectivity index (χ2v) is 22.9. The van der Waals surface area contributed by atoms with Gasteiger partial charge in [0.1, 0.15) is 0 Å². The van der Waals surface area contributed by atoms with Crippen molar-refractivity contribution < 1.29 is 11.0 Å². The third-order valence-corrected chi connectivity index (χ3v) is 16.1. The summed E-state index contributed by atoms with van der Waals surface area (Å²) in [6.07, 6.45) is 0. The number of fused-ring (bicyclic) bond motifs is 7. The third-order valence-electron chi connectivity index (χ3n) is 15.0. The molecule has 0 fully saturated rings. The molecule has 13 rings (SSSR count). The van der Waals surface area contributed by atoms with E-state index in [2.05, 4.69) is 150 Å². The average molecular weight is 1000 g/mol. The van der Waals surface area contributed by atoms with Crippen molar-refractivity contribution in [3.05, 3.63) is 234 Å². The van der Waals surface area contributed by atoms with Gasteiger partial charge in [-0.1, -0.05) is 216 Å². The summed E-state index contributed by atoms with van der Waals surface area (Å²) in [4.78, 5) is 4.09. The van der Waals surface area contributed by atoms with Crippen LogP contribution in [0.3, 0.4) is 0 Å². The first-order valence-electron chi connectivity index (χ1n) is 29.5. The van der Waals surface area contributed by atoms with Crippen molar-refractivity contribution in [1.29, 1.82) is 10.5 Å². The lowest BCUT2D eigenvalue weighted by Crippen LogP contribution is -2.60. The number of rotatable bonds is 6. The molecule has 2 aliphatic rings. The van der Waals surface area contributed by atoms with Crippen LogP contribution in [0.4, 0.5) is 17.1 Å². The van der Waals surface area contributed by atoms with Crippen molar-refractivity contribution in [3.63, 3.8) is 0 Å². The summed E-state index contributed by atoms with van der Waals surface area (Å²) in [5.41, 5.74) is 16.3. The van der Waals surface area contributed by atoms with Gasteiger partial charge in [-0.2, -0.15) is 10.5 Å². The first kappa shape index (κ1) is 38.7. The highest BCUT2D eigenvalue weighted by molar-refractivity contribution is 8.00. The van der Waals surface area contributed by atoms with Gasteiger partial charge in [-0.15, -0.1) is 0 Å². The lowest BCUT2D eigenvalue weighted by atomic mass is 9.34. The highest BCUT2D eigenvalue weighted by atomic mass is 32.2. The topological polar surface area (TPSA) is 55.8 Å². The van der Waals surface area contributed by atoms with Crippen LogP contribution in [-0.2, 0) is 10.8 Å². The Morgan fingerprint density at radius 1 is 0.474 bits per heavy atom. The van der Waals surface area contributed by atoms with E-state index in [1.165, 1.54) is 11.1 Å². The van der Waals surface area contributed by atoms with Crippen LogP contribution in [-0.4, -0.2) is 11.3 Å². The number of aromatic nitrogens is 1. The average Bonchev–Trinajstić information content (AvgIpc) is 1.47. The van der Waals surface area contributed by atoms with Gasteiger partial charge < -0.3 is 9.47 Å². The van der Waals surface area contributed by atoms with Crippen LogP contribution >= 0.6 is 11.8 Å². The fourth-order valence-corrected chi connectivity index (χ4v) is 12.4. The van der Waals surface area contributed by atoms with Crippen molar-refractivity contribution in [1.82, 2.24) is 4.57 Å². The van der Waals surface area contributed by atoms with Crippen LogP contribution in [0.1, 0.15) is 74.8 Å². The molecule has 76 heavy (non-hydrogen) atoms. The molecule has 0 atom stereocenters. The van der Waals surface area contributed by atoms with Gasteiger partial charge in [0, 0.05) is 48.8 Å². The fourth-order valence-electron chi connectivity index (χ4n) is 11.2. The second-order valence-electron chi connectivity index (χ2n) is 21.8. The zero-order valence-corrected chi connectivity index (χ0v) is 43.7. The molecule has 6 heteroatoms. The molecule has 0 spiro atoms. The molecule has 2 aliphatic heterocycles. The predicted octanol–water partition coefficient (Wildman–Crippen LogP) is 16.6. The van der Waals surface area contributed by atoms with E-state index in [1.54, 1.807) is 22.4 Å². The molecule has 0 radical (unpaired) electrons. The highest BCUT2D eigenvalue weighted by Gasteiger charge is 2.43. The second kappa shape index (κ2) is 18.0. The quantitative estimate of drug-likeness (QED) is 0.156. The maximum absolute atomic E-state index is 10.2. The van der Waals surface area contributed by atoms with E-state index in [-0.39, 0.29) is 44.7 Å². The molecule has 11 aromatic rings.